The molecule has 1 heterocycles. The molecule has 0 radical (unpaired) electrons. The van der Waals surface area contributed by atoms with Gasteiger partial charge in [0, 0.05) is 16.7 Å². The number of benzene rings is 1. The van der Waals surface area contributed by atoms with Gasteiger partial charge in [-0.05, 0) is 37.3 Å². The van der Waals surface area contributed by atoms with Crippen LogP contribution >= 0.6 is 15.9 Å². The van der Waals surface area contributed by atoms with Crippen LogP contribution in [0.5, 0.6) is 0 Å². The van der Waals surface area contributed by atoms with Gasteiger partial charge in [0.25, 0.3) is 0 Å². The molecule has 0 saturated heterocycles. The third-order valence-corrected chi connectivity index (χ3v) is 2.78. The Morgan fingerprint density at radius 3 is 2.47 bits per heavy atom. The first-order valence-corrected chi connectivity index (χ1v) is 6.29. The average Bonchev–Trinajstić information content (AvgIpc) is 2.33. The van der Waals surface area contributed by atoms with E-state index in [-0.39, 0.29) is 0 Å². The van der Waals surface area contributed by atoms with Crippen molar-refractivity contribution in [1.29, 1.82) is 0 Å². The molecule has 2 aromatic rings. The highest BCUT2D eigenvalue weighted by molar-refractivity contribution is 9.10. The van der Waals surface area contributed by atoms with Crippen molar-refractivity contribution in [1.82, 2.24) is 4.98 Å². The highest BCUT2D eigenvalue weighted by atomic mass is 79.9. The zero-order valence-corrected chi connectivity index (χ0v) is 11.2. The van der Waals surface area contributed by atoms with E-state index in [1.54, 1.807) is 0 Å². The Morgan fingerprint density at radius 1 is 1.06 bits per heavy atom. The Bertz CT molecular complexity index is 482. The van der Waals surface area contributed by atoms with Crippen LogP contribution in [-0.2, 0) is 0 Å². The zero-order valence-electron chi connectivity index (χ0n) is 9.57. The predicted octanol–water partition coefficient (Wildman–Crippen LogP) is 4.02. The van der Waals surface area contributed by atoms with Crippen LogP contribution in [-0.4, -0.2) is 11.5 Å². The highest BCUT2D eigenvalue weighted by Crippen LogP contribution is 2.20. The minimum atomic E-state index is 0.892. The molecule has 2 N–H and O–H groups in total. The summed E-state index contributed by atoms with van der Waals surface area (Å²) in [4.78, 5) is 4.18. The lowest BCUT2D eigenvalue weighted by Crippen LogP contribution is -1.98. The molecule has 1 aromatic carbocycles. The van der Waals surface area contributed by atoms with Gasteiger partial charge in [-0.15, -0.1) is 0 Å². The standard InChI is InChI=1S/C13H14BrN3/c1-2-16-12-7-13(9-15-8-12)17-11-5-3-10(14)4-6-11/h3-9,16-17H,2H2,1H3. The van der Waals surface area contributed by atoms with Crippen LogP contribution in [0.2, 0.25) is 0 Å². The maximum atomic E-state index is 4.18. The van der Waals surface area contributed by atoms with Gasteiger partial charge >= 0.3 is 0 Å². The second-order valence-corrected chi connectivity index (χ2v) is 4.54. The summed E-state index contributed by atoms with van der Waals surface area (Å²) >= 11 is 3.41. The Balaban J connectivity index is 2.12. The predicted molar refractivity (Wildman–Crippen MR) is 75.8 cm³/mol. The van der Waals surface area contributed by atoms with Crippen molar-refractivity contribution in [3.63, 3.8) is 0 Å². The van der Waals surface area contributed by atoms with Crippen molar-refractivity contribution in [2.24, 2.45) is 0 Å². The Morgan fingerprint density at radius 2 is 1.76 bits per heavy atom. The minimum Gasteiger partial charge on any atom is -0.384 e. The van der Waals surface area contributed by atoms with Gasteiger partial charge in [0.1, 0.15) is 0 Å². The van der Waals surface area contributed by atoms with E-state index >= 15 is 0 Å². The number of halogens is 1. The molecule has 17 heavy (non-hydrogen) atoms. The van der Waals surface area contributed by atoms with E-state index in [2.05, 4.69) is 38.5 Å². The maximum Gasteiger partial charge on any atom is 0.0591 e. The lowest BCUT2D eigenvalue weighted by atomic mass is 10.3. The van der Waals surface area contributed by atoms with Gasteiger partial charge in [-0.2, -0.15) is 0 Å². The molecule has 0 atom stereocenters. The molecular formula is C13H14BrN3. The molecule has 0 aliphatic heterocycles. The molecule has 0 aliphatic carbocycles. The number of nitrogens with one attached hydrogen (secondary N) is 2. The highest BCUT2D eigenvalue weighted by Gasteiger charge is 1.97. The molecule has 88 valence electrons. The van der Waals surface area contributed by atoms with Crippen LogP contribution in [0.4, 0.5) is 17.1 Å². The molecule has 0 fully saturated rings. The van der Waals surface area contributed by atoms with Crippen molar-refractivity contribution in [3.05, 3.63) is 47.2 Å². The Hall–Kier alpha value is -1.55. The maximum absolute atomic E-state index is 4.18. The average molecular weight is 292 g/mol. The minimum absolute atomic E-state index is 0.892. The lowest BCUT2D eigenvalue weighted by molar-refractivity contribution is 1.19. The first-order chi connectivity index (χ1) is 8.28. The van der Waals surface area contributed by atoms with Gasteiger partial charge in [0.15, 0.2) is 0 Å². The molecular weight excluding hydrogens is 278 g/mol. The normalized spacial score (nSPS) is 10.0. The van der Waals surface area contributed by atoms with Gasteiger partial charge in [0.05, 0.1) is 23.8 Å². The number of hydrogen-bond donors (Lipinski definition) is 2. The summed E-state index contributed by atoms with van der Waals surface area (Å²) in [7, 11) is 0. The van der Waals surface area contributed by atoms with E-state index in [0.29, 0.717) is 0 Å². The second kappa shape index (κ2) is 5.68. The first-order valence-electron chi connectivity index (χ1n) is 5.49. The lowest BCUT2D eigenvalue weighted by Gasteiger charge is -2.08. The Labute approximate surface area is 109 Å². The summed E-state index contributed by atoms with van der Waals surface area (Å²) in [6.07, 6.45) is 3.62. The molecule has 1 aromatic heterocycles. The molecule has 0 spiro atoms. The van der Waals surface area contributed by atoms with Crippen LogP contribution < -0.4 is 10.6 Å². The van der Waals surface area contributed by atoms with Crippen LogP contribution in [0.3, 0.4) is 0 Å². The molecule has 3 nitrogen and oxygen atoms in total. The number of rotatable bonds is 4. The van der Waals surface area contributed by atoms with Crippen LogP contribution in [0.1, 0.15) is 6.92 Å². The van der Waals surface area contributed by atoms with Gasteiger partial charge in [-0.25, -0.2) is 0 Å². The smallest absolute Gasteiger partial charge is 0.0591 e. The largest absolute Gasteiger partial charge is 0.384 e. The summed E-state index contributed by atoms with van der Waals surface area (Å²) in [6, 6.07) is 10.1. The van der Waals surface area contributed by atoms with Crippen molar-refractivity contribution in [2.75, 3.05) is 17.2 Å². The van der Waals surface area contributed by atoms with Crippen LogP contribution in [0.15, 0.2) is 47.2 Å². The van der Waals surface area contributed by atoms with Crippen molar-refractivity contribution >= 4 is 33.0 Å². The molecule has 0 amide bonds. The molecule has 2 rings (SSSR count). The fourth-order valence-electron chi connectivity index (χ4n) is 1.51. The SMILES string of the molecule is CCNc1cncc(Nc2ccc(Br)cc2)c1. The van der Waals surface area contributed by atoms with E-state index in [0.717, 1.165) is 28.1 Å². The van der Waals surface area contributed by atoms with Gasteiger partial charge < -0.3 is 10.6 Å². The second-order valence-electron chi connectivity index (χ2n) is 3.62. The summed E-state index contributed by atoms with van der Waals surface area (Å²) in [5.74, 6) is 0. The monoisotopic (exact) mass is 291 g/mol. The quantitative estimate of drug-likeness (QED) is 0.893. The third kappa shape index (κ3) is 3.46. The zero-order chi connectivity index (χ0) is 12.1. The van der Waals surface area contributed by atoms with Gasteiger partial charge in [-0.3, -0.25) is 4.98 Å². The molecule has 0 bridgehead atoms. The topological polar surface area (TPSA) is 37.0 Å². The van der Waals surface area contributed by atoms with E-state index in [1.165, 1.54) is 0 Å². The van der Waals surface area contributed by atoms with Crippen molar-refractivity contribution in [3.8, 4) is 0 Å². The Kier molecular flexibility index (Phi) is 3.98. The van der Waals surface area contributed by atoms with Crippen LogP contribution in [0, 0.1) is 0 Å². The van der Waals surface area contributed by atoms with Crippen LogP contribution in [0.25, 0.3) is 0 Å². The summed E-state index contributed by atoms with van der Waals surface area (Å²) < 4.78 is 1.07. The third-order valence-electron chi connectivity index (χ3n) is 2.25. The van der Waals surface area contributed by atoms with Crippen molar-refractivity contribution < 1.29 is 0 Å². The number of nitrogens with zero attached hydrogens (tertiary/aromatic N) is 1. The summed E-state index contributed by atoms with van der Waals surface area (Å²) in [5, 5.41) is 6.54. The van der Waals surface area contributed by atoms with Gasteiger partial charge in [-0.1, -0.05) is 15.9 Å². The van der Waals surface area contributed by atoms with E-state index < -0.39 is 0 Å². The van der Waals surface area contributed by atoms with Crippen molar-refractivity contribution in [2.45, 2.75) is 6.92 Å². The van der Waals surface area contributed by atoms with E-state index in [1.807, 2.05) is 42.7 Å². The molecule has 0 unspecified atom stereocenters. The molecule has 4 heteroatoms. The first kappa shape index (κ1) is 11.9. The van der Waals surface area contributed by atoms with E-state index in [4.69, 9.17) is 0 Å². The number of anilines is 3. The number of hydrogen-bond acceptors (Lipinski definition) is 3. The summed E-state index contributed by atoms with van der Waals surface area (Å²) in [5.41, 5.74) is 3.05. The van der Waals surface area contributed by atoms with Gasteiger partial charge in [0.2, 0.25) is 0 Å². The number of pyridine rings is 1. The van der Waals surface area contributed by atoms with E-state index in [9.17, 15) is 0 Å². The fraction of sp³-hybridized carbons (Fsp3) is 0.154. The molecule has 0 saturated carbocycles. The summed E-state index contributed by atoms with van der Waals surface area (Å²) in [6.45, 7) is 2.96. The fourth-order valence-corrected chi connectivity index (χ4v) is 1.77. The number of aromatic nitrogens is 1. The molecule has 0 aliphatic rings.